The van der Waals surface area contributed by atoms with Crippen LogP contribution in [0.1, 0.15) is 10.4 Å². The standard InChI is InChI=1S/C13H12N2O5/c1-18-9-5-4-8(12(16)17)10(11(9)19-2)20-13-14-6-3-7-15-13/h3-7H,1-2H3,(H,16,17). The number of methoxy groups -OCH3 is 2. The fourth-order valence-corrected chi connectivity index (χ4v) is 1.60. The average Bonchev–Trinajstić information content (AvgIpc) is 2.47. The number of nitrogens with zero attached hydrogens (tertiary/aromatic N) is 2. The molecule has 0 aliphatic rings. The van der Waals surface area contributed by atoms with Gasteiger partial charge < -0.3 is 19.3 Å². The smallest absolute Gasteiger partial charge is 0.339 e. The van der Waals surface area contributed by atoms with Crippen molar-refractivity contribution in [2.24, 2.45) is 0 Å². The van der Waals surface area contributed by atoms with Crippen molar-refractivity contribution in [3.8, 4) is 23.3 Å². The van der Waals surface area contributed by atoms with E-state index in [-0.39, 0.29) is 23.1 Å². The molecule has 0 bridgehead atoms. The number of aromatic carboxylic acids is 1. The third kappa shape index (κ3) is 2.61. The summed E-state index contributed by atoms with van der Waals surface area (Å²) >= 11 is 0. The Morgan fingerprint density at radius 3 is 2.35 bits per heavy atom. The average molecular weight is 276 g/mol. The minimum atomic E-state index is -1.16. The van der Waals surface area contributed by atoms with Gasteiger partial charge in [-0.1, -0.05) is 0 Å². The zero-order chi connectivity index (χ0) is 14.5. The van der Waals surface area contributed by atoms with E-state index in [0.717, 1.165) is 0 Å². The second-order valence-electron chi connectivity index (χ2n) is 3.62. The van der Waals surface area contributed by atoms with Crippen molar-refractivity contribution >= 4 is 5.97 Å². The number of hydrogen-bond acceptors (Lipinski definition) is 6. The highest BCUT2D eigenvalue weighted by Gasteiger charge is 2.22. The Labute approximate surface area is 114 Å². The first-order chi connectivity index (χ1) is 9.67. The first-order valence-corrected chi connectivity index (χ1v) is 5.60. The molecule has 1 N–H and O–H groups in total. The minimum absolute atomic E-state index is 0.00875. The topological polar surface area (TPSA) is 90.8 Å². The second kappa shape index (κ2) is 5.87. The van der Waals surface area contributed by atoms with Crippen molar-refractivity contribution in [2.45, 2.75) is 0 Å². The number of carboxylic acid groups (broad SMARTS) is 1. The first-order valence-electron chi connectivity index (χ1n) is 5.60. The molecule has 0 radical (unpaired) electrons. The highest BCUT2D eigenvalue weighted by Crippen LogP contribution is 2.41. The Kier molecular flexibility index (Phi) is 3.99. The summed E-state index contributed by atoms with van der Waals surface area (Å²) in [5, 5.41) is 9.21. The van der Waals surface area contributed by atoms with E-state index in [9.17, 15) is 9.90 Å². The molecule has 0 saturated heterocycles. The van der Waals surface area contributed by atoms with Crippen molar-refractivity contribution < 1.29 is 24.1 Å². The Hall–Kier alpha value is -2.83. The number of carbonyl (C=O) groups is 1. The Morgan fingerprint density at radius 2 is 1.80 bits per heavy atom. The molecule has 0 atom stereocenters. The van der Waals surface area contributed by atoms with Crippen LogP contribution < -0.4 is 14.2 Å². The molecule has 0 aliphatic carbocycles. The largest absolute Gasteiger partial charge is 0.493 e. The van der Waals surface area contributed by atoms with Gasteiger partial charge in [-0.2, -0.15) is 0 Å². The quantitative estimate of drug-likeness (QED) is 0.892. The molecule has 0 aliphatic heterocycles. The molecule has 1 aromatic carbocycles. The van der Waals surface area contributed by atoms with E-state index in [1.54, 1.807) is 6.07 Å². The van der Waals surface area contributed by atoms with E-state index < -0.39 is 5.97 Å². The van der Waals surface area contributed by atoms with Gasteiger partial charge in [0.15, 0.2) is 11.5 Å². The molecular formula is C13H12N2O5. The molecule has 2 aromatic rings. The molecule has 1 heterocycles. The summed E-state index contributed by atoms with van der Waals surface area (Å²) < 4.78 is 15.7. The summed E-state index contributed by atoms with van der Waals surface area (Å²) in [7, 11) is 2.84. The van der Waals surface area contributed by atoms with Gasteiger partial charge in [-0.3, -0.25) is 0 Å². The van der Waals surface area contributed by atoms with Gasteiger partial charge in [-0.05, 0) is 18.2 Å². The number of rotatable bonds is 5. The van der Waals surface area contributed by atoms with Crippen LogP contribution in [0.25, 0.3) is 0 Å². The van der Waals surface area contributed by atoms with Crippen LogP contribution in [0.15, 0.2) is 30.6 Å². The summed E-state index contributed by atoms with van der Waals surface area (Å²) in [6, 6.07) is 4.48. The Balaban J connectivity index is 2.55. The third-order valence-electron chi connectivity index (χ3n) is 2.47. The van der Waals surface area contributed by atoms with Gasteiger partial charge in [0.2, 0.25) is 5.75 Å². The van der Waals surface area contributed by atoms with Gasteiger partial charge in [0.25, 0.3) is 0 Å². The van der Waals surface area contributed by atoms with Gasteiger partial charge in [0, 0.05) is 12.4 Å². The van der Waals surface area contributed by atoms with E-state index in [4.69, 9.17) is 14.2 Å². The maximum absolute atomic E-state index is 11.3. The Bertz CT molecular complexity index is 616. The maximum Gasteiger partial charge on any atom is 0.339 e. The molecule has 0 spiro atoms. The molecule has 0 fully saturated rings. The summed E-state index contributed by atoms with van der Waals surface area (Å²) in [4.78, 5) is 19.0. The van der Waals surface area contributed by atoms with Crippen LogP contribution in [0, 0.1) is 0 Å². The van der Waals surface area contributed by atoms with Crippen LogP contribution in [0.5, 0.6) is 23.3 Å². The maximum atomic E-state index is 11.3. The Morgan fingerprint density at radius 1 is 1.10 bits per heavy atom. The second-order valence-corrected chi connectivity index (χ2v) is 3.62. The molecule has 7 heteroatoms. The van der Waals surface area contributed by atoms with Crippen LogP contribution in [0.3, 0.4) is 0 Å². The van der Waals surface area contributed by atoms with Crippen LogP contribution >= 0.6 is 0 Å². The zero-order valence-corrected chi connectivity index (χ0v) is 10.9. The summed E-state index contributed by atoms with van der Waals surface area (Å²) in [6.45, 7) is 0. The fraction of sp³-hybridized carbons (Fsp3) is 0.154. The fourth-order valence-electron chi connectivity index (χ4n) is 1.60. The molecule has 104 valence electrons. The molecule has 0 unspecified atom stereocenters. The molecule has 2 rings (SSSR count). The number of hydrogen-bond donors (Lipinski definition) is 1. The van der Waals surface area contributed by atoms with Crippen LogP contribution in [-0.2, 0) is 0 Å². The van der Waals surface area contributed by atoms with Crippen molar-refractivity contribution in [3.63, 3.8) is 0 Å². The zero-order valence-electron chi connectivity index (χ0n) is 10.9. The molecule has 0 saturated carbocycles. The van der Waals surface area contributed by atoms with Crippen LogP contribution in [0.2, 0.25) is 0 Å². The predicted molar refractivity (Wildman–Crippen MR) is 68.6 cm³/mol. The third-order valence-corrected chi connectivity index (χ3v) is 2.47. The predicted octanol–water partition coefficient (Wildman–Crippen LogP) is 1.98. The lowest BCUT2D eigenvalue weighted by Crippen LogP contribution is -2.04. The first kappa shape index (κ1) is 13.6. The van der Waals surface area contributed by atoms with E-state index in [1.165, 1.54) is 38.7 Å². The summed E-state index contributed by atoms with van der Waals surface area (Å²) in [5.41, 5.74) is -0.0740. The lowest BCUT2D eigenvalue weighted by molar-refractivity contribution is 0.0693. The van der Waals surface area contributed by atoms with E-state index in [0.29, 0.717) is 5.75 Å². The van der Waals surface area contributed by atoms with Crippen LogP contribution in [0.4, 0.5) is 0 Å². The molecule has 7 nitrogen and oxygen atoms in total. The van der Waals surface area contributed by atoms with E-state index >= 15 is 0 Å². The van der Waals surface area contributed by atoms with Gasteiger partial charge in [-0.25, -0.2) is 14.8 Å². The number of carboxylic acids is 1. The van der Waals surface area contributed by atoms with Gasteiger partial charge in [0.1, 0.15) is 5.56 Å². The van der Waals surface area contributed by atoms with Crippen molar-refractivity contribution in [1.82, 2.24) is 9.97 Å². The highest BCUT2D eigenvalue weighted by atomic mass is 16.5. The van der Waals surface area contributed by atoms with Crippen molar-refractivity contribution in [1.29, 1.82) is 0 Å². The monoisotopic (exact) mass is 276 g/mol. The number of aromatic nitrogens is 2. The van der Waals surface area contributed by atoms with Crippen molar-refractivity contribution in [2.75, 3.05) is 14.2 Å². The SMILES string of the molecule is COc1ccc(C(=O)O)c(Oc2ncccn2)c1OC. The summed E-state index contributed by atoms with van der Waals surface area (Å²) in [5.74, 6) is -0.647. The van der Waals surface area contributed by atoms with E-state index in [2.05, 4.69) is 9.97 Å². The van der Waals surface area contributed by atoms with Gasteiger partial charge in [0.05, 0.1) is 14.2 Å². The van der Waals surface area contributed by atoms with Crippen molar-refractivity contribution in [3.05, 3.63) is 36.2 Å². The molecule has 1 aromatic heterocycles. The minimum Gasteiger partial charge on any atom is -0.493 e. The number of ether oxygens (including phenoxy) is 3. The lowest BCUT2D eigenvalue weighted by atomic mass is 10.1. The summed E-state index contributed by atoms with van der Waals surface area (Å²) in [6.07, 6.45) is 2.96. The van der Waals surface area contributed by atoms with Crippen LogP contribution in [-0.4, -0.2) is 35.3 Å². The highest BCUT2D eigenvalue weighted by molar-refractivity contribution is 5.92. The van der Waals surface area contributed by atoms with Gasteiger partial charge in [-0.15, -0.1) is 0 Å². The number of benzene rings is 1. The molecular weight excluding hydrogens is 264 g/mol. The molecule has 0 amide bonds. The van der Waals surface area contributed by atoms with Gasteiger partial charge >= 0.3 is 12.0 Å². The molecule has 20 heavy (non-hydrogen) atoms. The van der Waals surface area contributed by atoms with E-state index in [1.807, 2.05) is 0 Å². The lowest BCUT2D eigenvalue weighted by Gasteiger charge is -2.14. The normalized spacial score (nSPS) is 9.90.